The SMILES string of the molecule is CC(O)c1ccc(N2CCN(Sc3ccc(N)nc3)CC2)cc1. The van der Waals surface area contributed by atoms with E-state index in [1.54, 1.807) is 18.9 Å². The first-order chi connectivity index (χ1) is 11.1. The maximum absolute atomic E-state index is 9.58. The molecule has 2 aromatic rings. The van der Waals surface area contributed by atoms with Gasteiger partial charge in [0.1, 0.15) is 5.82 Å². The molecule has 2 heterocycles. The third-order valence-corrected chi connectivity index (χ3v) is 5.05. The number of aliphatic hydroxyl groups is 1. The maximum atomic E-state index is 9.58. The normalized spacial score (nSPS) is 17.2. The van der Waals surface area contributed by atoms with Crippen LogP contribution in [-0.2, 0) is 0 Å². The summed E-state index contributed by atoms with van der Waals surface area (Å²) in [6, 6.07) is 12.0. The number of benzene rings is 1. The van der Waals surface area contributed by atoms with Crippen LogP contribution in [0.2, 0.25) is 0 Å². The van der Waals surface area contributed by atoms with Crippen molar-refractivity contribution in [3.05, 3.63) is 48.2 Å². The van der Waals surface area contributed by atoms with Gasteiger partial charge in [0.2, 0.25) is 0 Å². The second-order valence-corrected chi connectivity index (χ2v) is 6.86. The third kappa shape index (κ3) is 4.16. The van der Waals surface area contributed by atoms with Crippen molar-refractivity contribution < 1.29 is 5.11 Å². The summed E-state index contributed by atoms with van der Waals surface area (Å²) < 4.78 is 2.36. The zero-order chi connectivity index (χ0) is 16.2. The van der Waals surface area contributed by atoms with E-state index in [1.165, 1.54) is 5.69 Å². The number of aromatic nitrogens is 1. The molecule has 1 aliphatic rings. The van der Waals surface area contributed by atoms with E-state index in [2.05, 4.69) is 26.3 Å². The smallest absolute Gasteiger partial charge is 0.123 e. The van der Waals surface area contributed by atoms with E-state index in [1.807, 2.05) is 30.5 Å². The number of nitrogens with two attached hydrogens (primary N) is 1. The van der Waals surface area contributed by atoms with Crippen LogP contribution in [0.5, 0.6) is 0 Å². The first-order valence-electron chi connectivity index (χ1n) is 7.79. The van der Waals surface area contributed by atoms with E-state index in [-0.39, 0.29) is 0 Å². The fourth-order valence-electron chi connectivity index (χ4n) is 2.60. The summed E-state index contributed by atoms with van der Waals surface area (Å²) in [6.45, 7) is 5.75. The standard InChI is InChI=1S/C17H22N4OS/c1-13(22)14-2-4-15(5-3-14)20-8-10-21(11-9-20)23-16-6-7-17(18)19-12-16/h2-7,12-13,22H,8-11H2,1H3,(H2,18,19). The molecular formula is C17H22N4OS. The van der Waals surface area contributed by atoms with E-state index in [4.69, 9.17) is 5.73 Å². The third-order valence-electron chi connectivity index (χ3n) is 3.97. The minimum atomic E-state index is -0.411. The van der Waals surface area contributed by atoms with E-state index in [9.17, 15) is 5.11 Å². The largest absolute Gasteiger partial charge is 0.389 e. The number of pyridine rings is 1. The zero-order valence-electron chi connectivity index (χ0n) is 13.2. The van der Waals surface area contributed by atoms with Gasteiger partial charge in [-0.15, -0.1) is 0 Å². The van der Waals surface area contributed by atoms with Crippen molar-refractivity contribution in [2.75, 3.05) is 36.8 Å². The molecule has 1 fully saturated rings. The van der Waals surface area contributed by atoms with Gasteiger partial charge in [-0.1, -0.05) is 12.1 Å². The van der Waals surface area contributed by atoms with Gasteiger partial charge in [-0.2, -0.15) is 0 Å². The summed E-state index contributed by atoms with van der Waals surface area (Å²) in [4.78, 5) is 7.63. The number of rotatable bonds is 4. The highest BCUT2D eigenvalue weighted by Gasteiger charge is 2.18. The molecule has 0 aliphatic carbocycles. The van der Waals surface area contributed by atoms with Gasteiger partial charge in [-0.3, -0.25) is 0 Å². The Morgan fingerprint density at radius 1 is 1.09 bits per heavy atom. The number of anilines is 2. The van der Waals surface area contributed by atoms with E-state index < -0.39 is 6.10 Å². The number of piperazine rings is 1. The van der Waals surface area contributed by atoms with Crippen molar-refractivity contribution in [2.24, 2.45) is 0 Å². The van der Waals surface area contributed by atoms with Gasteiger partial charge in [0.05, 0.1) is 6.10 Å². The Morgan fingerprint density at radius 3 is 2.35 bits per heavy atom. The molecule has 3 rings (SSSR count). The molecule has 1 atom stereocenters. The number of hydrogen-bond acceptors (Lipinski definition) is 6. The molecule has 6 heteroatoms. The monoisotopic (exact) mass is 330 g/mol. The molecule has 0 spiro atoms. The van der Waals surface area contributed by atoms with Crippen molar-refractivity contribution in [3.8, 4) is 0 Å². The maximum Gasteiger partial charge on any atom is 0.123 e. The second-order valence-electron chi connectivity index (χ2n) is 5.69. The number of nitrogens with zero attached hydrogens (tertiary/aromatic N) is 3. The van der Waals surface area contributed by atoms with Crippen LogP contribution in [-0.4, -0.2) is 40.6 Å². The minimum absolute atomic E-state index is 0.411. The number of aliphatic hydroxyl groups excluding tert-OH is 1. The highest BCUT2D eigenvalue weighted by Crippen LogP contribution is 2.26. The van der Waals surface area contributed by atoms with Crippen LogP contribution in [0.3, 0.4) is 0 Å². The Bertz CT molecular complexity index is 622. The fourth-order valence-corrected chi connectivity index (χ4v) is 3.47. The quantitative estimate of drug-likeness (QED) is 0.840. The predicted molar refractivity (Wildman–Crippen MR) is 95.4 cm³/mol. The predicted octanol–water partition coefficient (Wildman–Crippen LogP) is 2.55. The van der Waals surface area contributed by atoms with E-state index in [0.29, 0.717) is 5.82 Å². The summed E-state index contributed by atoms with van der Waals surface area (Å²) >= 11 is 1.73. The molecule has 0 saturated carbocycles. The van der Waals surface area contributed by atoms with Crippen molar-refractivity contribution in [1.29, 1.82) is 0 Å². The average Bonchev–Trinajstić information content (AvgIpc) is 2.58. The van der Waals surface area contributed by atoms with Crippen LogP contribution in [0.25, 0.3) is 0 Å². The lowest BCUT2D eigenvalue weighted by Crippen LogP contribution is -2.43. The number of hydrogen-bond donors (Lipinski definition) is 2. The molecule has 1 aromatic carbocycles. The van der Waals surface area contributed by atoms with Crippen LogP contribution in [0.4, 0.5) is 11.5 Å². The van der Waals surface area contributed by atoms with Gasteiger partial charge in [-0.25, -0.2) is 9.29 Å². The molecule has 23 heavy (non-hydrogen) atoms. The topological polar surface area (TPSA) is 65.6 Å². The van der Waals surface area contributed by atoms with Crippen molar-refractivity contribution in [1.82, 2.24) is 9.29 Å². The average molecular weight is 330 g/mol. The zero-order valence-corrected chi connectivity index (χ0v) is 14.0. The fraction of sp³-hybridized carbons (Fsp3) is 0.353. The molecule has 1 aliphatic heterocycles. The van der Waals surface area contributed by atoms with Crippen molar-refractivity contribution >= 4 is 23.5 Å². The lowest BCUT2D eigenvalue weighted by atomic mass is 10.1. The molecule has 5 nitrogen and oxygen atoms in total. The second kappa shape index (κ2) is 7.21. The van der Waals surface area contributed by atoms with Crippen LogP contribution in [0.15, 0.2) is 47.5 Å². The van der Waals surface area contributed by atoms with Gasteiger partial charge < -0.3 is 15.7 Å². The van der Waals surface area contributed by atoms with Gasteiger partial charge >= 0.3 is 0 Å². The summed E-state index contributed by atoms with van der Waals surface area (Å²) in [5.41, 5.74) is 7.79. The summed E-state index contributed by atoms with van der Waals surface area (Å²) in [6.07, 6.45) is 1.41. The van der Waals surface area contributed by atoms with Crippen LogP contribution >= 0.6 is 11.9 Å². The minimum Gasteiger partial charge on any atom is -0.389 e. The molecule has 1 saturated heterocycles. The van der Waals surface area contributed by atoms with Gasteiger partial charge in [-0.05, 0) is 48.7 Å². The van der Waals surface area contributed by atoms with Crippen LogP contribution in [0.1, 0.15) is 18.6 Å². The van der Waals surface area contributed by atoms with Gasteiger partial charge in [0.25, 0.3) is 0 Å². The molecule has 0 radical (unpaired) electrons. The summed E-state index contributed by atoms with van der Waals surface area (Å²) in [5, 5.41) is 9.58. The van der Waals surface area contributed by atoms with Crippen molar-refractivity contribution in [3.63, 3.8) is 0 Å². The molecule has 0 bridgehead atoms. The van der Waals surface area contributed by atoms with Crippen LogP contribution < -0.4 is 10.6 Å². The highest BCUT2D eigenvalue weighted by atomic mass is 32.2. The Hall–Kier alpha value is -1.76. The molecule has 1 aromatic heterocycles. The summed E-state index contributed by atoms with van der Waals surface area (Å²) in [7, 11) is 0. The highest BCUT2D eigenvalue weighted by molar-refractivity contribution is 7.97. The Balaban J connectivity index is 1.54. The Morgan fingerprint density at radius 2 is 1.78 bits per heavy atom. The van der Waals surface area contributed by atoms with Crippen molar-refractivity contribution in [2.45, 2.75) is 17.9 Å². The van der Waals surface area contributed by atoms with Crippen LogP contribution in [0, 0.1) is 0 Å². The Kier molecular flexibility index (Phi) is 5.05. The molecule has 122 valence electrons. The first-order valence-corrected chi connectivity index (χ1v) is 8.56. The molecule has 1 unspecified atom stereocenters. The Labute approximate surface area is 141 Å². The van der Waals surface area contributed by atoms with Gasteiger partial charge in [0, 0.05) is 43.0 Å². The lowest BCUT2D eigenvalue weighted by Gasteiger charge is -2.35. The first kappa shape index (κ1) is 16.1. The van der Waals surface area contributed by atoms with Gasteiger partial charge in [0.15, 0.2) is 0 Å². The number of nitrogen functional groups attached to an aromatic ring is 1. The van der Waals surface area contributed by atoms with E-state index in [0.717, 1.165) is 36.6 Å². The lowest BCUT2D eigenvalue weighted by molar-refractivity contribution is 0.199. The summed E-state index contributed by atoms with van der Waals surface area (Å²) in [5.74, 6) is 0.555. The molecular weight excluding hydrogens is 308 g/mol. The molecule has 3 N–H and O–H groups in total. The molecule has 0 amide bonds. The van der Waals surface area contributed by atoms with E-state index >= 15 is 0 Å².